The first kappa shape index (κ1) is 13.9. The molecule has 0 aromatic rings. The van der Waals surface area contributed by atoms with Gasteiger partial charge in [0.25, 0.3) is 0 Å². The van der Waals surface area contributed by atoms with Crippen molar-refractivity contribution >= 4 is 16.2 Å². The second-order valence-electron chi connectivity index (χ2n) is 2.08. The third-order valence-corrected chi connectivity index (χ3v) is 0.800. The summed E-state index contributed by atoms with van der Waals surface area (Å²) in [5.41, 5.74) is 5.06. The van der Waals surface area contributed by atoms with Crippen molar-refractivity contribution in [1.82, 2.24) is 0 Å². The molecular formula is C5H14N2O4S. The van der Waals surface area contributed by atoms with E-state index in [1.54, 1.807) is 0 Å². The molecule has 0 heterocycles. The Morgan fingerprint density at radius 3 is 1.92 bits per heavy atom. The van der Waals surface area contributed by atoms with Gasteiger partial charge in [-0.05, 0) is 6.42 Å². The highest BCUT2D eigenvalue weighted by atomic mass is 32.3. The first-order valence-electron chi connectivity index (χ1n) is 3.30. The molecule has 7 heteroatoms. The van der Waals surface area contributed by atoms with Gasteiger partial charge in [-0.1, -0.05) is 13.3 Å². The van der Waals surface area contributed by atoms with E-state index in [0.717, 1.165) is 19.3 Å². The number of nitrogens with one attached hydrogen (secondary N) is 1. The minimum absolute atomic E-state index is 0.307. The van der Waals surface area contributed by atoms with Crippen LogP contribution in [0, 0.1) is 5.41 Å². The van der Waals surface area contributed by atoms with Gasteiger partial charge in [-0.2, -0.15) is 8.42 Å². The lowest BCUT2D eigenvalue weighted by atomic mass is 10.2. The van der Waals surface area contributed by atoms with Crippen LogP contribution >= 0.6 is 0 Å². The Bertz CT molecular complexity index is 203. The van der Waals surface area contributed by atoms with Crippen molar-refractivity contribution in [3.63, 3.8) is 0 Å². The van der Waals surface area contributed by atoms with Gasteiger partial charge in [0, 0.05) is 6.42 Å². The summed E-state index contributed by atoms with van der Waals surface area (Å²) >= 11 is 0. The van der Waals surface area contributed by atoms with Crippen LogP contribution in [0.25, 0.3) is 0 Å². The van der Waals surface area contributed by atoms with Gasteiger partial charge in [0.2, 0.25) is 0 Å². The number of hydrogen-bond acceptors (Lipinski definition) is 3. The number of hydrogen-bond donors (Lipinski definition) is 4. The fourth-order valence-electron chi connectivity index (χ4n) is 0.367. The molecule has 0 saturated carbocycles. The fraction of sp³-hybridized carbons (Fsp3) is 0.800. The zero-order valence-electron chi connectivity index (χ0n) is 6.82. The zero-order chi connectivity index (χ0) is 10.2. The molecule has 0 aliphatic heterocycles. The van der Waals surface area contributed by atoms with Gasteiger partial charge in [-0.3, -0.25) is 14.5 Å². The van der Waals surface area contributed by atoms with E-state index in [-0.39, 0.29) is 0 Å². The molecule has 5 N–H and O–H groups in total. The number of amidine groups is 1. The summed E-state index contributed by atoms with van der Waals surface area (Å²) in [6, 6.07) is 0. The third kappa shape index (κ3) is 58.2. The molecule has 0 saturated heterocycles. The van der Waals surface area contributed by atoms with E-state index < -0.39 is 10.4 Å². The van der Waals surface area contributed by atoms with Crippen molar-refractivity contribution in [1.29, 1.82) is 5.41 Å². The summed E-state index contributed by atoms with van der Waals surface area (Å²) in [4.78, 5) is 0. The van der Waals surface area contributed by atoms with Crippen molar-refractivity contribution < 1.29 is 17.5 Å². The minimum Gasteiger partial charge on any atom is -0.388 e. The first-order chi connectivity index (χ1) is 5.27. The molecule has 0 fully saturated rings. The Balaban J connectivity index is 0. The Hall–Kier alpha value is -0.660. The molecule has 0 radical (unpaired) electrons. The van der Waals surface area contributed by atoms with Crippen LogP contribution in [0.3, 0.4) is 0 Å². The van der Waals surface area contributed by atoms with E-state index in [4.69, 9.17) is 28.7 Å². The predicted octanol–water partition coefficient (Wildman–Crippen LogP) is 0.460. The lowest BCUT2D eigenvalue weighted by molar-refractivity contribution is 0.381. The monoisotopic (exact) mass is 198 g/mol. The van der Waals surface area contributed by atoms with Gasteiger partial charge in [-0.15, -0.1) is 0 Å². The molecule has 0 spiro atoms. The summed E-state index contributed by atoms with van der Waals surface area (Å²) in [6.45, 7) is 2.09. The van der Waals surface area contributed by atoms with Gasteiger partial charge < -0.3 is 5.73 Å². The van der Waals surface area contributed by atoms with Crippen LogP contribution in [0.4, 0.5) is 0 Å². The second kappa shape index (κ2) is 7.01. The van der Waals surface area contributed by atoms with Gasteiger partial charge >= 0.3 is 10.4 Å². The number of unbranched alkanes of at least 4 members (excludes halogenated alkanes) is 1. The van der Waals surface area contributed by atoms with E-state index in [1.165, 1.54) is 0 Å². The lowest BCUT2D eigenvalue weighted by Crippen LogP contribution is -2.07. The molecule has 6 nitrogen and oxygen atoms in total. The molecule has 0 amide bonds. The number of rotatable bonds is 3. The Kier molecular flexibility index (Phi) is 8.12. The molecule has 0 bridgehead atoms. The average molecular weight is 198 g/mol. The van der Waals surface area contributed by atoms with E-state index in [0.29, 0.717) is 5.84 Å². The molecule has 74 valence electrons. The van der Waals surface area contributed by atoms with Crippen molar-refractivity contribution in [2.24, 2.45) is 5.73 Å². The van der Waals surface area contributed by atoms with Crippen LogP contribution in [-0.2, 0) is 10.4 Å². The summed E-state index contributed by atoms with van der Waals surface area (Å²) in [7, 11) is -4.67. The quantitative estimate of drug-likeness (QED) is 0.298. The van der Waals surface area contributed by atoms with Crippen molar-refractivity contribution in [3.05, 3.63) is 0 Å². The predicted molar refractivity (Wildman–Crippen MR) is 45.6 cm³/mol. The molecule has 0 aliphatic rings. The largest absolute Gasteiger partial charge is 0.394 e. The molecule has 0 atom stereocenters. The second-order valence-corrected chi connectivity index (χ2v) is 2.97. The van der Waals surface area contributed by atoms with Crippen LogP contribution in [-0.4, -0.2) is 23.4 Å². The normalized spacial score (nSPS) is 9.92. The summed E-state index contributed by atoms with van der Waals surface area (Å²) in [6.07, 6.45) is 2.94. The van der Waals surface area contributed by atoms with Crippen LogP contribution in [0.5, 0.6) is 0 Å². The topological polar surface area (TPSA) is 124 Å². The zero-order valence-corrected chi connectivity index (χ0v) is 7.63. The maximum absolute atomic E-state index is 8.74. The molecule has 0 aromatic carbocycles. The fourth-order valence-corrected chi connectivity index (χ4v) is 0.367. The van der Waals surface area contributed by atoms with Crippen molar-refractivity contribution in [2.45, 2.75) is 26.2 Å². The van der Waals surface area contributed by atoms with Crippen molar-refractivity contribution in [3.8, 4) is 0 Å². The van der Waals surface area contributed by atoms with Gasteiger partial charge in [0.15, 0.2) is 0 Å². The summed E-state index contributed by atoms with van der Waals surface area (Å²) in [5.74, 6) is 0.307. The molecule has 12 heavy (non-hydrogen) atoms. The molecule has 0 rings (SSSR count). The van der Waals surface area contributed by atoms with E-state index >= 15 is 0 Å². The van der Waals surface area contributed by atoms with E-state index in [9.17, 15) is 0 Å². The highest BCUT2D eigenvalue weighted by Gasteiger charge is 1.84. The lowest BCUT2D eigenvalue weighted by Gasteiger charge is -1.90. The standard InChI is InChI=1S/C5H12N2.H2O4S/c1-2-3-4-5(6)7;1-5(2,3)4/h2-4H2,1H3,(H3,6,7);(H2,1,2,3,4). The summed E-state index contributed by atoms with van der Waals surface area (Å²) < 4.78 is 31.6. The third-order valence-electron chi connectivity index (χ3n) is 0.800. The SMILES string of the molecule is CCCCC(=N)N.O=S(=O)(O)O. The maximum Gasteiger partial charge on any atom is 0.394 e. The van der Waals surface area contributed by atoms with E-state index in [2.05, 4.69) is 6.92 Å². The van der Waals surface area contributed by atoms with Gasteiger partial charge in [-0.25, -0.2) is 0 Å². The Morgan fingerprint density at radius 1 is 1.50 bits per heavy atom. The van der Waals surface area contributed by atoms with Gasteiger partial charge in [0.1, 0.15) is 0 Å². The highest BCUT2D eigenvalue weighted by Crippen LogP contribution is 1.90. The smallest absolute Gasteiger partial charge is 0.388 e. The highest BCUT2D eigenvalue weighted by molar-refractivity contribution is 7.79. The molecule has 0 unspecified atom stereocenters. The average Bonchev–Trinajstić information content (AvgIpc) is 1.79. The van der Waals surface area contributed by atoms with E-state index in [1.807, 2.05) is 0 Å². The van der Waals surface area contributed by atoms with Crippen LogP contribution in [0.2, 0.25) is 0 Å². The molecule has 0 aromatic heterocycles. The van der Waals surface area contributed by atoms with Crippen LogP contribution in [0.1, 0.15) is 26.2 Å². The molecule has 0 aliphatic carbocycles. The Labute approximate surface area is 71.9 Å². The Morgan fingerprint density at radius 2 is 1.83 bits per heavy atom. The summed E-state index contributed by atoms with van der Waals surface area (Å²) in [5, 5.41) is 6.78. The van der Waals surface area contributed by atoms with Crippen LogP contribution < -0.4 is 5.73 Å². The minimum atomic E-state index is -4.67. The van der Waals surface area contributed by atoms with Crippen molar-refractivity contribution in [2.75, 3.05) is 0 Å². The van der Waals surface area contributed by atoms with Crippen LogP contribution in [0.15, 0.2) is 0 Å². The maximum atomic E-state index is 8.74. The number of nitrogens with two attached hydrogens (primary N) is 1. The first-order valence-corrected chi connectivity index (χ1v) is 4.69. The molecular weight excluding hydrogens is 184 g/mol. The van der Waals surface area contributed by atoms with Gasteiger partial charge in [0.05, 0.1) is 5.84 Å².